The lowest BCUT2D eigenvalue weighted by Gasteiger charge is -2.31. The predicted molar refractivity (Wildman–Crippen MR) is 127 cm³/mol. The monoisotopic (exact) mass is 468 g/mol. The van der Waals surface area contributed by atoms with Gasteiger partial charge in [-0.2, -0.15) is 0 Å². The van der Waals surface area contributed by atoms with Gasteiger partial charge < -0.3 is 28.7 Å². The molecule has 0 radical (unpaired) electrons. The van der Waals surface area contributed by atoms with Crippen molar-refractivity contribution < 1.29 is 28.5 Å². The summed E-state index contributed by atoms with van der Waals surface area (Å²) < 4.78 is 22.0. The summed E-state index contributed by atoms with van der Waals surface area (Å²) in [6.45, 7) is 4.87. The number of methoxy groups -OCH3 is 3. The second-order valence-electron chi connectivity index (χ2n) is 8.63. The predicted octanol–water partition coefficient (Wildman–Crippen LogP) is 2.74. The third kappa shape index (κ3) is 4.55. The maximum atomic E-state index is 13.6. The number of hydrogen-bond donors (Lipinski definition) is 0. The zero-order chi connectivity index (χ0) is 24.2. The summed E-state index contributed by atoms with van der Waals surface area (Å²) in [7, 11) is 4.70. The van der Waals surface area contributed by atoms with E-state index in [2.05, 4.69) is 0 Å². The number of morpholine rings is 1. The number of amides is 2. The number of ether oxygens (including phenoxy) is 4. The molecule has 2 saturated heterocycles. The van der Waals surface area contributed by atoms with Gasteiger partial charge in [-0.05, 0) is 36.2 Å². The molecule has 8 heteroatoms. The van der Waals surface area contributed by atoms with Gasteiger partial charge in [0.05, 0.1) is 40.5 Å². The van der Waals surface area contributed by atoms with Gasteiger partial charge in [0.15, 0.2) is 11.5 Å². The molecule has 34 heavy (non-hydrogen) atoms. The minimum absolute atomic E-state index is 0.0436. The average Bonchev–Trinajstić information content (AvgIpc) is 3.33. The SMILES string of the molecule is COc1cc(C2CN(C(=O)c3ccccc3C)CC2C(=O)N2CCOCC2)cc(OC)c1OC. The Hall–Kier alpha value is -3.26. The van der Waals surface area contributed by atoms with Gasteiger partial charge in [0.2, 0.25) is 11.7 Å². The molecule has 2 fully saturated rings. The summed E-state index contributed by atoms with van der Waals surface area (Å²) in [6.07, 6.45) is 0. The molecule has 2 aliphatic heterocycles. The van der Waals surface area contributed by atoms with Crippen molar-refractivity contribution in [1.29, 1.82) is 0 Å². The molecule has 2 aromatic rings. The summed E-state index contributed by atoms with van der Waals surface area (Å²) in [4.78, 5) is 30.7. The van der Waals surface area contributed by atoms with Gasteiger partial charge in [0, 0.05) is 37.7 Å². The standard InChI is InChI=1S/C26H32N2O6/c1-17-7-5-6-8-19(17)25(29)28-15-20(21(16-28)26(30)27-9-11-34-12-10-27)18-13-22(31-2)24(33-4)23(14-18)32-3/h5-8,13-14,20-21H,9-12,15-16H2,1-4H3. The smallest absolute Gasteiger partial charge is 0.254 e. The van der Waals surface area contributed by atoms with Crippen LogP contribution in [-0.2, 0) is 9.53 Å². The van der Waals surface area contributed by atoms with Crippen LogP contribution in [0.1, 0.15) is 27.4 Å². The number of nitrogens with zero attached hydrogens (tertiary/aromatic N) is 2. The van der Waals surface area contributed by atoms with Crippen molar-refractivity contribution in [3.63, 3.8) is 0 Å². The van der Waals surface area contributed by atoms with E-state index in [1.54, 1.807) is 26.2 Å². The van der Waals surface area contributed by atoms with Gasteiger partial charge in [0.1, 0.15) is 0 Å². The van der Waals surface area contributed by atoms with Crippen molar-refractivity contribution in [3.8, 4) is 17.2 Å². The highest BCUT2D eigenvalue weighted by Gasteiger charge is 2.43. The van der Waals surface area contributed by atoms with Gasteiger partial charge in [0.25, 0.3) is 5.91 Å². The van der Waals surface area contributed by atoms with E-state index in [-0.39, 0.29) is 23.7 Å². The number of rotatable bonds is 6. The van der Waals surface area contributed by atoms with E-state index in [9.17, 15) is 9.59 Å². The lowest BCUT2D eigenvalue weighted by Crippen LogP contribution is -2.45. The third-order valence-electron chi connectivity index (χ3n) is 6.74. The summed E-state index contributed by atoms with van der Waals surface area (Å²) in [5.74, 6) is 0.938. The van der Waals surface area contributed by atoms with Crippen LogP contribution in [0.15, 0.2) is 36.4 Å². The molecule has 0 bridgehead atoms. The van der Waals surface area contributed by atoms with E-state index in [1.165, 1.54) is 0 Å². The van der Waals surface area contributed by atoms with E-state index in [0.717, 1.165) is 11.1 Å². The fraction of sp³-hybridized carbons (Fsp3) is 0.462. The summed E-state index contributed by atoms with van der Waals surface area (Å²) in [5.41, 5.74) is 2.45. The highest BCUT2D eigenvalue weighted by Crippen LogP contribution is 2.43. The molecule has 2 aliphatic rings. The number of benzene rings is 2. The minimum Gasteiger partial charge on any atom is -0.493 e. The molecule has 0 saturated carbocycles. The summed E-state index contributed by atoms with van der Waals surface area (Å²) >= 11 is 0. The molecular weight excluding hydrogens is 436 g/mol. The zero-order valence-corrected chi connectivity index (χ0v) is 20.2. The van der Waals surface area contributed by atoms with Crippen LogP contribution in [0.3, 0.4) is 0 Å². The highest BCUT2D eigenvalue weighted by atomic mass is 16.5. The fourth-order valence-corrected chi connectivity index (χ4v) is 4.87. The number of hydrogen-bond acceptors (Lipinski definition) is 6. The van der Waals surface area contributed by atoms with Crippen LogP contribution in [0, 0.1) is 12.8 Å². The first-order chi connectivity index (χ1) is 16.5. The molecule has 2 amide bonds. The Morgan fingerprint density at radius 3 is 2.15 bits per heavy atom. The Kier molecular flexibility index (Phi) is 7.26. The quantitative estimate of drug-likeness (QED) is 0.649. The van der Waals surface area contributed by atoms with Crippen molar-refractivity contribution in [2.45, 2.75) is 12.8 Å². The lowest BCUT2D eigenvalue weighted by atomic mass is 9.87. The van der Waals surface area contributed by atoms with Gasteiger partial charge >= 0.3 is 0 Å². The Labute approximate surface area is 200 Å². The number of aryl methyl sites for hydroxylation is 1. The van der Waals surface area contributed by atoms with E-state index in [1.807, 2.05) is 48.2 Å². The van der Waals surface area contributed by atoms with Gasteiger partial charge in [-0.25, -0.2) is 0 Å². The fourth-order valence-electron chi connectivity index (χ4n) is 4.87. The van der Waals surface area contributed by atoms with Crippen LogP contribution in [0.4, 0.5) is 0 Å². The third-order valence-corrected chi connectivity index (χ3v) is 6.74. The van der Waals surface area contributed by atoms with Crippen LogP contribution in [0.5, 0.6) is 17.2 Å². The zero-order valence-electron chi connectivity index (χ0n) is 20.2. The van der Waals surface area contributed by atoms with Crippen molar-refractivity contribution in [3.05, 3.63) is 53.1 Å². The van der Waals surface area contributed by atoms with E-state index >= 15 is 0 Å². The van der Waals surface area contributed by atoms with Crippen molar-refractivity contribution >= 4 is 11.8 Å². The first kappa shape index (κ1) is 23.9. The van der Waals surface area contributed by atoms with E-state index in [0.29, 0.717) is 62.2 Å². The average molecular weight is 469 g/mol. The minimum atomic E-state index is -0.381. The van der Waals surface area contributed by atoms with Crippen molar-refractivity contribution in [1.82, 2.24) is 9.80 Å². The normalized spacial score (nSPS) is 20.2. The number of carbonyl (C=O) groups is 2. The van der Waals surface area contributed by atoms with Gasteiger partial charge in [-0.3, -0.25) is 9.59 Å². The molecule has 4 rings (SSSR count). The van der Waals surface area contributed by atoms with Crippen molar-refractivity contribution in [2.24, 2.45) is 5.92 Å². The van der Waals surface area contributed by atoms with Crippen LogP contribution >= 0.6 is 0 Å². The van der Waals surface area contributed by atoms with Gasteiger partial charge in [-0.15, -0.1) is 0 Å². The molecule has 0 aliphatic carbocycles. The topological polar surface area (TPSA) is 77.5 Å². The molecule has 2 heterocycles. The second-order valence-corrected chi connectivity index (χ2v) is 8.63. The molecule has 2 atom stereocenters. The van der Waals surface area contributed by atoms with E-state index < -0.39 is 0 Å². The number of carbonyl (C=O) groups excluding carboxylic acids is 2. The largest absolute Gasteiger partial charge is 0.493 e. The molecular formula is C26H32N2O6. The Balaban J connectivity index is 1.71. The first-order valence-corrected chi connectivity index (χ1v) is 11.5. The molecule has 2 unspecified atom stereocenters. The summed E-state index contributed by atoms with van der Waals surface area (Å²) in [5, 5.41) is 0. The molecule has 182 valence electrons. The maximum absolute atomic E-state index is 13.6. The number of likely N-dealkylation sites (tertiary alicyclic amines) is 1. The Morgan fingerprint density at radius 2 is 1.56 bits per heavy atom. The van der Waals surface area contributed by atoms with Crippen molar-refractivity contribution in [2.75, 3.05) is 60.7 Å². The molecule has 0 N–H and O–H groups in total. The lowest BCUT2D eigenvalue weighted by molar-refractivity contribution is -0.139. The van der Waals surface area contributed by atoms with Crippen LogP contribution < -0.4 is 14.2 Å². The van der Waals surface area contributed by atoms with E-state index in [4.69, 9.17) is 18.9 Å². The molecule has 0 spiro atoms. The van der Waals surface area contributed by atoms with Crippen LogP contribution in [0.2, 0.25) is 0 Å². The Morgan fingerprint density at radius 1 is 0.912 bits per heavy atom. The highest BCUT2D eigenvalue weighted by molar-refractivity contribution is 5.96. The molecule has 8 nitrogen and oxygen atoms in total. The summed E-state index contributed by atoms with van der Waals surface area (Å²) in [6, 6.07) is 11.3. The maximum Gasteiger partial charge on any atom is 0.254 e. The van der Waals surface area contributed by atoms with Crippen LogP contribution in [0.25, 0.3) is 0 Å². The first-order valence-electron chi connectivity index (χ1n) is 11.5. The van der Waals surface area contributed by atoms with Gasteiger partial charge in [-0.1, -0.05) is 18.2 Å². The molecule has 0 aromatic heterocycles. The Bertz CT molecular complexity index is 1020. The van der Waals surface area contributed by atoms with Crippen LogP contribution in [-0.4, -0.2) is 82.3 Å². The second kappa shape index (κ2) is 10.3. The molecule has 2 aromatic carbocycles.